The fourth-order valence-electron chi connectivity index (χ4n) is 2.40. The van der Waals surface area contributed by atoms with Crippen molar-refractivity contribution < 1.29 is 9.90 Å². The molecule has 0 radical (unpaired) electrons. The second kappa shape index (κ2) is 3.17. The van der Waals surface area contributed by atoms with Crippen LogP contribution in [0, 0.1) is 5.41 Å². The number of rotatable bonds is 3. The van der Waals surface area contributed by atoms with Crippen molar-refractivity contribution in [1.82, 2.24) is 0 Å². The standard InChI is InChI=1S/C11H16O2/c12-10(13)11(6-3-7-11)8-9-4-1-2-5-9/h4H,1-3,5-8H2,(H,12,13). The van der Waals surface area contributed by atoms with Gasteiger partial charge in [-0.05, 0) is 38.5 Å². The van der Waals surface area contributed by atoms with Crippen LogP contribution < -0.4 is 0 Å². The van der Waals surface area contributed by atoms with E-state index < -0.39 is 5.97 Å². The molecule has 0 aliphatic heterocycles. The molecule has 0 unspecified atom stereocenters. The first-order valence-corrected chi connectivity index (χ1v) is 5.14. The largest absolute Gasteiger partial charge is 0.481 e. The Bertz CT molecular complexity index is 249. The van der Waals surface area contributed by atoms with E-state index in [0.717, 1.165) is 38.5 Å². The Morgan fingerprint density at radius 3 is 2.62 bits per heavy atom. The van der Waals surface area contributed by atoms with Gasteiger partial charge in [0.1, 0.15) is 0 Å². The maximum absolute atomic E-state index is 11.1. The van der Waals surface area contributed by atoms with Crippen LogP contribution in [0.5, 0.6) is 0 Å². The van der Waals surface area contributed by atoms with E-state index in [2.05, 4.69) is 6.08 Å². The molecule has 2 rings (SSSR count). The molecular formula is C11H16O2. The highest BCUT2D eigenvalue weighted by atomic mass is 16.4. The second-order valence-corrected chi connectivity index (χ2v) is 4.37. The molecule has 2 aliphatic rings. The normalized spacial score (nSPS) is 25.1. The van der Waals surface area contributed by atoms with Crippen LogP contribution in [0.3, 0.4) is 0 Å². The van der Waals surface area contributed by atoms with Crippen molar-refractivity contribution in [2.75, 3.05) is 0 Å². The molecule has 0 bridgehead atoms. The lowest BCUT2D eigenvalue weighted by Gasteiger charge is -2.38. The van der Waals surface area contributed by atoms with Crippen LogP contribution in [0.15, 0.2) is 11.6 Å². The lowest BCUT2D eigenvalue weighted by atomic mass is 9.65. The molecule has 0 amide bonds. The van der Waals surface area contributed by atoms with E-state index in [0.29, 0.717) is 0 Å². The van der Waals surface area contributed by atoms with Gasteiger partial charge < -0.3 is 5.11 Å². The fourth-order valence-corrected chi connectivity index (χ4v) is 2.40. The summed E-state index contributed by atoms with van der Waals surface area (Å²) in [6, 6.07) is 0. The van der Waals surface area contributed by atoms with Gasteiger partial charge >= 0.3 is 5.97 Å². The van der Waals surface area contributed by atoms with Crippen molar-refractivity contribution in [3.8, 4) is 0 Å². The molecule has 2 heteroatoms. The average Bonchev–Trinajstić information content (AvgIpc) is 2.47. The van der Waals surface area contributed by atoms with Gasteiger partial charge in [-0.25, -0.2) is 0 Å². The number of carboxylic acid groups (broad SMARTS) is 1. The zero-order chi connectivity index (χ0) is 9.31. The molecule has 13 heavy (non-hydrogen) atoms. The zero-order valence-corrected chi connectivity index (χ0v) is 7.88. The first kappa shape index (κ1) is 8.79. The van der Waals surface area contributed by atoms with Gasteiger partial charge in [-0.2, -0.15) is 0 Å². The smallest absolute Gasteiger partial charge is 0.309 e. The van der Waals surface area contributed by atoms with E-state index in [1.807, 2.05) is 0 Å². The Kier molecular flexibility index (Phi) is 2.14. The highest BCUT2D eigenvalue weighted by molar-refractivity contribution is 5.76. The Balaban J connectivity index is 2.01. The lowest BCUT2D eigenvalue weighted by molar-refractivity contribution is -0.154. The van der Waals surface area contributed by atoms with Gasteiger partial charge in [-0.1, -0.05) is 18.1 Å². The molecule has 1 N–H and O–H groups in total. The summed E-state index contributed by atoms with van der Waals surface area (Å²) in [6.45, 7) is 0. The second-order valence-electron chi connectivity index (χ2n) is 4.37. The minimum atomic E-state index is -0.577. The third-order valence-electron chi connectivity index (χ3n) is 3.46. The van der Waals surface area contributed by atoms with Crippen molar-refractivity contribution in [1.29, 1.82) is 0 Å². The van der Waals surface area contributed by atoms with E-state index in [1.54, 1.807) is 0 Å². The van der Waals surface area contributed by atoms with Gasteiger partial charge in [0.15, 0.2) is 0 Å². The van der Waals surface area contributed by atoms with Crippen molar-refractivity contribution in [2.24, 2.45) is 5.41 Å². The predicted molar refractivity (Wildman–Crippen MR) is 50.5 cm³/mol. The van der Waals surface area contributed by atoms with Crippen LogP contribution >= 0.6 is 0 Å². The van der Waals surface area contributed by atoms with E-state index in [9.17, 15) is 4.79 Å². The van der Waals surface area contributed by atoms with Gasteiger partial charge in [-0.15, -0.1) is 0 Å². The van der Waals surface area contributed by atoms with Gasteiger partial charge in [0, 0.05) is 0 Å². The zero-order valence-electron chi connectivity index (χ0n) is 7.88. The summed E-state index contributed by atoms with van der Waals surface area (Å²) in [7, 11) is 0. The summed E-state index contributed by atoms with van der Waals surface area (Å²) in [5.41, 5.74) is 1.03. The third-order valence-corrected chi connectivity index (χ3v) is 3.46. The van der Waals surface area contributed by atoms with E-state index in [-0.39, 0.29) is 5.41 Å². The maximum atomic E-state index is 11.1. The number of hydrogen-bond donors (Lipinski definition) is 1. The van der Waals surface area contributed by atoms with Crippen molar-refractivity contribution in [3.63, 3.8) is 0 Å². The Labute approximate surface area is 78.6 Å². The summed E-state index contributed by atoms with van der Waals surface area (Å²) in [5.74, 6) is -0.577. The van der Waals surface area contributed by atoms with E-state index >= 15 is 0 Å². The third kappa shape index (κ3) is 1.50. The number of aliphatic carboxylic acids is 1. The molecule has 0 aromatic carbocycles. The summed E-state index contributed by atoms with van der Waals surface area (Å²) >= 11 is 0. The number of carboxylic acids is 1. The summed E-state index contributed by atoms with van der Waals surface area (Å²) in [4.78, 5) is 11.1. The van der Waals surface area contributed by atoms with Crippen LogP contribution in [-0.4, -0.2) is 11.1 Å². The van der Waals surface area contributed by atoms with E-state index in [4.69, 9.17) is 5.11 Å². The van der Waals surface area contributed by atoms with Crippen LogP contribution in [-0.2, 0) is 4.79 Å². The molecule has 0 aromatic rings. The van der Waals surface area contributed by atoms with Crippen LogP contribution in [0.25, 0.3) is 0 Å². The molecule has 1 fully saturated rings. The van der Waals surface area contributed by atoms with Gasteiger partial charge in [-0.3, -0.25) is 4.79 Å². The van der Waals surface area contributed by atoms with E-state index in [1.165, 1.54) is 12.0 Å². The molecule has 0 atom stereocenters. The summed E-state index contributed by atoms with van der Waals surface area (Å²) in [5, 5.41) is 9.12. The molecule has 2 aliphatic carbocycles. The van der Waals surface area contributed by atoms with Gasteiger partial charge in [0.05, 0.1) is 5.41 Å². The highest BCUT2D eigenvalue weighted by Crippen LogP contribution is 2.47. The topological polar surface area (TPSA) is 37.3 Å². The van der Waals surface area contributed by atoms with Crippen molar-refractivity contribution in [3.05, 3.63) is 11.6 Å². The van der Waals surface area contributed by atoms with Crippen LogP contribution in [0.2, 0.25) is 0 Å². The SMILES string of the molecule is O=C(O)C1(CC2=CCCC2)CCC1. The first-order valence-electron chi connectivity index (χ1n) is 5.14. The Hall–Kier alpha value is -0.790. The molecule has 0 heterocycles. The number of allylic oxidation sites excluding steroid dienone is 2. The average molecular weight is 180 g/mol. The summed E-state index contributed by atoms with van der Waals surface area (Å²) < 4.78 is 0. The lowest BCUT2D eigenvalue weighted by Crippen LogP contribution is -2.38. The summed E-state index contributed by atoms with van der Waals surface area (Å²) in [6.07, 6.45) is 9.45. The fraction of sp³-hybridized carbons (Fsp3) is 0.727. The minimum absolute atomic E-state index is 0.365. The highest BCUT2D eigenvalue weighted by Gasteiger charge is 2.44. The van der Waals surface area contributed by atoms with Crippen LogP contribution in [0.4, 0.5) is 0 Å². The molecular weight excluding hydrogens is 164 g/mol. The molecule has 0 saturated heterocycles. The predicted octanol–water partition coefficient (Wildman–Crippen LogP) is 2.74. The monoisotopic (exact) mass is 180 g/mol. The van der Waals surface area contributed by atoms with Crippen molar-refractivity contribution in [2.45, 2.75) is 44.9 Å². The van der Waals surface area contributed by atoms with Crippen LogP contribution in [0.1, 0.15) is 44.9 Å². The quantitative estimate of drug-likeness (QED) is 0.678. The van der Waals surface area contributed by atoms with Gasteiger partial charge in [0.2, 0.25) is 0 Å². The molecule has 2 nitrogen and oxygen atoms in total. The number of carbonyl (C=O) groups is 1. The molecule has 0 aromatic heterocycles. The maximum Gasteiger partial charge on any atom is 0.309 e. The Morgan fingerprint density at radius 1 is 1.46 bits per heavy atom. The molecule has 0 spiro atoms. The minimum Gasteiger partial charge on any atom is -0.481 e. The Morgan fingerprint density at radius 2 is 2.23 bits per heavy atom. The molecule has 1 saturated carbocycles. The number of hydrogen-bond acceptors (Lipinski definition) is 1. The van der Waals surface area contributed by atoms with Crippen molar-refractivity contribution >= 4 is 5.97 Å². The van der Waals surface area contributed by atoms with Gasteiger partial charge in [0.25, 0.3) is 0 Å². The first-order chi connectivity index (χ1) is 6.23. The molecule has 72 valence electrons.